The molecule has 0 saturated heterocycles. The van der Waals surface area contributed by atoms with Crippen molar-refractivity contribution < 1.29 is 19.6 Å². The predicted octanol–water partition coefficient (Wildman–Crippen LogP) is 0.0134. The van der Waals surface area contributed by atoms with Crippen LogP contribution in [-0.2, 0) is 6.42 Å². The number of nitrogens with one attached hydrogen (secondary N) is 1. The molecular formula is C10H9BN4O4S. The highest BCUT2D eigenvalue weighted by Gasteiger charge is 2.38. The minimum absolute atomic E-state index is 0.0459. The van der Waals surface area contributed by atoms with Gasteiger partial charge in [0.05, 0.1) is 10.7 Å². The van der Waals surface area contributed by atoms with E-state index in [2.05, 4.69) is 20.6 Å². The second-order valence-corrected chi connectivity index (χ2v) is 5.37. The second-order valence-electron chi connectivity index (χ2n) is 4.16. The average molecular weight is 292 g/mol. The zero-order chi connectivity index (χ0) is 14.1. The first-order chi connectivity index (χ1) is 9.65. The normalized spacial score (nSPS) is 17.4. The number of rotatable bonds is 3. The zero-order valence-corrected chi connectivity index (χ0v) is 10.9. The number of aromatic nitrogens is 4. The highest BCUT2D eigenvalue weighted by molar-refractivity contribution is 8.01. The number of tetrazole rings is 1. The number of para-hydroxylation sites is 1. The van der Waals surface area contributed by atoms with E-state index in [4.69, 9.17) is 9.76 Å². The molecule has 0 saturated carbocycles. The van der Waals surface area contributed by atoms with Crippen LogP contribution in [0.5, 0.6) is 5.75 Å². The summed E-state index contributed by atoms with van der Waals surface area (Å²) in [6.07, 6.45) is 0.455. The van der Waals surface area contributed by atoms with Crippen LogP contribution in [0.15, 0.2) is 23.4 Å². The summed E-state index contributed by atoms with van der Waals surface area (Å²) in [5.41, 5.74) is 0.778. The van der Waals surface area contributed by atoms with Crippen molar-refractivity contribution in [1.82, 2.24) is 20.6 Å². The molecule has 2 heterocycles. The van der Waals surface area contributed by atoms with Crippen molar-refractivity contribution in [1.29, 1.82) is 0 Å². The van der Waals surface area contributed by atoms with E-state index in [1.54, 1.807) is 12.1 Å². The van der Waals surface area contributed by atoms with Crippen LogP contribution in [0, 0.1) is 0 Å². The number of hydrogen-bond acceptors (Lipinski definition) is 7. The molecule has 1 aliphatic rings. The lowest BCUT2D eigenvalue weighted by Gasteiger charge is -2.27. The third kappa shape index (κ3) is 2.34. The molecule has 0 spiro atoms. The lowest BCUT2D eigenvalue weighted by Crippen LogP contribution is -2.40. The zero-order valence-electron chi connectivity index (χ0n) is 10.1. The van der Waals surface area contributed by atoms with Crippen molar-refractivity contribution in [2.24, 2.45) is 0 Å². The maximum Gasteiger partial charge on any atom is 0.537 e. The van der Waals surface area contributed by atoms with E-state index in [-0.39, 0.29) is 16.5 Å². The first kappa shape index (κ1) is 12.9. The summed E-state index contributed by atoms with van der Waals surface area (Å²) in [6, 6.07) is 4.87. The third-order valence-electron chi connectivity index (χ3n) is 2.89. The molecule has 1 aromatic carbocycles. The summed E-state index contributed by atoms with van der Waals surface area (Å²) in [4.78, 5) is 11.1. The SMILES string of the molecule is O=C(O)c1cccc2c1OB(O)C(Sc1nn[nH]n1)C2. The number of aromatic amines is 1. The Kier molecular flexibility index (Phi) is 3.32. The van der Waals surface area contributed by atoms with E-state index < -0.39 is 13.1 Å². The van der Waals surface area contributed by atoms with E-state index >= 15 is 0 Å². The van der Waals surface area contributed by atoms with Gasteiger partial charge >= 0.3 is 13.1 Å². The summed E-state index contributed by atoms with van der Waals surface area (Å²) in [6.45, 7) is 0. The molecule has 10 heteroatoms. The average Bonchev–Trinajstić information content (AvgIpc) is 2.91. The van der Waals surface area contributed by atoms with E-state index in [9.17, 15) is 9.82 Å². The Hall–Kier alpha value is -2.07. The predicted molar refractivity (Wildman–Crippen MR) is 69.5 cm³/mol. The minimum atomic E-state index is -1.13. The van der Waals surface area contributed by atoms with Crippen LogP contribution in [0.2, 0.25) is 0 Å². The fraction of sp³-hybridized carbons (Fsp3) is 0.200. The van der Waals surface area contributed by atoms with Gasteiger partial charge in [-0.05, 0) is 23.3 Å². The number of H-pyrrole nitrogens is 1. The Bertz CT molecular complexity index is 638. The summed E-state index contributed by atoms with van der Waals surface area (Å²) in [5, 5.41) is 32.5. The molecule has 0 fully saturated rings. The Morgan fingerprint density at radius 1 is 1.55 bits per heavy atom. The minimum Gasteiger partial charge on any atom is -0.535 e. The molecule has 1 unspecified atom stereocenters. The van der Waals surface area contributed by atoms with Crippen LogP contribution in [0.25, 0.3) is 0 Å². The fourth-order valence-electron chi connectivity index (χ4n) is 2.01. The molecule has 1 aromatic heterocycles. The lowest BCUT2D eigenvalue weighted by atomic mass is 9.77. The molecule has 2 aromatic rings. The number of aromatic carboxylic acids is 1. The second kappa shape index (κ2) is 5.14. The van der Waals surface area contributed by atoms with Crippen LogP contribution in [0.4, 0.5) is 0 Å². The molecule has 3 rings (SSSR count). The van der Waals surface area contributed by atoms with Gasteiger partial charge in [-0.3, -0.25) is 0 Å². The Morgan fingerprint density at radius 2 is 2.40 bits per heavy atom. The quantitative estimate of drug-likeness (QED) is 0.676. The van der Waals surface area contributed by atoms with Gasteiger partial charge in [-0.1, -0.05) is 23.9 Å². The van der Waals surface area contributed by atoms with Crippen LogP contribution in [0.3, 0.4) is 0 Å². The van der Waals surface area contributed by atoms with Gasteiger partial charge in [0.15, 0.2) is 0 Å². The van der Waals surface area contributed by atoms with Crippen molar-refractivity contribution >= 4 is 24.8 Å². The lowest BCUT2D eigenvalue weighted by molar-refractivity contribution is 0.0694. The number of nitrogens with zero attached hydrogens (tertiary/aromatic N) is 3. The van der Waals surface area contributed by atoms with Gasteiger partial charge in [0.1, 0.15) is 5.75 Å². The van der Waals surface area contributed by atoms with Crippen molar-refractivity contribution in [3.63, 3.8) is 0 Å². The molecule has 0 amide bonds. The first-order valence-corrected chi connectivity index (χ1v) is 6.63. The fourth-order valence-corrected chi connectivity index (χ4v) is 2.89. The number of benzene rings is 1. The van der Waals surface area contributed by atoms with Crippen molar-refractivity contribution in [3.8, 4) is 5.75 Å². The van der Waals surface area contributed by atoms with Crippen LogP contribution in [-0.4, -0.2) is 49.0 Å². The van der Waals surface area contributed by atoms with Crippen molar-refractivity contribution in [2.75, 3.05) is 0 Å². The topological polar surface area (TPSA) is 121 Å². The van der Waals surface area contributed by atoms with Gasteiger partial charge < -0.3 is 14.8 Å². The largest absolute Gasteiger partial charge is 0.537 e. The van der Waals surface area contributed by atoms with Gasteiger partial charge in [0, 0.05) is 0 Å². The van der Waals surface area contributed by atoms with Crippen molar-refractivity contribution in [3.05, 3.63) is 29.3 Å². The third-order valence-corrected chi connectivity index (χ3v) is 3.97. The van der Waals surface area contributed by atoms with Crippen LogP contribution < -0.4 is 4.65 Å². The summed E-state index contributed by atoms with van der Waals surface area (Å²) in [5.74, 6) is -0.865. The number of carboxylic acid groups (broad SMARTS) is 1. The molecule has 0 aliphatic carbocycles. The van der Waals surface area contributed by atoms with E-state index in [0.29, 0.717) is 11.6 Å². The van der Waals surface area contributed by atoms with Gasteiger partial charge in [-0.15, -0.1) is 10.2 Å². The molecule has 8 nitrogen and oxygen atoms in total. The van der Waals surface area contributed by atoms with Gasteiger partial charge in [0.2, 0.25) is 5.16 Å². The molecule has 20 heavy (non-hydrogen) atoms. The number of carboxylic acids is 1. The number of fused-ring (bicyclic) bond motifs is 1. The maximum atomic E-state index is 11.1. The molecule has 1 atom stereocenters. The van der Waals surface area contributed by atoms with Gasteiger partial charge in [0.25, 0.3) is 0 Å². The van der Waals surface area contributed by atoms with Gasteiger partial charge in [-0.25, -0.2) is 4.79 Å². The summed E-state index contributed by atoms with van der Waals surface area (Å²) >= 11 is 1.22. The standard InChI is InChI=1S/C10H9BN4O4S/c16-9(17)6-3-1-2-5-4-7(11(18)19-8(5)6)20-10-12-14-15-13-10/h1-3,7,18H,4H2,(H,16,17)(H,12,13,14,15). The molecule has 0 radical (unpaired) electrons. The van der Waals surface area contributed by atoms with E-state index in [1.165, 1.54) is 17.8 Å². The highest BCUT2D eigenvalue weighted by atomic mass is 32.2. The van der Waals surface area contributed by atoms with Crippen molar-refractivity contribution in [2.45, 2.75) is 16.7 Å². The molecular weight excluding hydrogens is 283 g/mol. The molecule has 0 bridgehead atoms. The van der Waals surface area contributed by atoms with Gasteiger partial charge in [-0.2, -0.15) is 5.21 Å². The molecule has 102 valence electrons. The summed E-state index contributed by atoms with van der Waals surface area (Å²) in [7, 11) is -1.13. The van der Waals surface area contributed by atoms with E-state index in [1.807, 2.05) is 0 Å². The number of carbonyl (C=O) groups is 1. The van der Waals surface area contributed by atoms with E-state index in [0.717, 1.165) is 5.56 Å². The molecule has 3 N–H and O–H groups in total. The monoisotopic (exact) mass is 292 g/mol. The molecule has 1 aliphatic heterocycles. The summed E-state index contributed by atoms with van der Waals surface area (Å²) < 4.78 is 5.35. The Balaban J connectivity index is 1.87. The number of hydrogen-bond donors (Lipinski definition) is 3. The van der Waals surface area contributed by atoms with Crippen LogP contribution in [0.1, 0.15) is 15.9 Å². The maximum absolute atomic E-state index is 11.1. The smallest absolute Gasteiger partial charge is 0.535 e. The first-order valence-electron chi connectivity index (χ1n) is 5.75. The number of thioether (sulfide) groups is 1. The Morgan fingerprint density at radius 3 is 3.10 bits per heavy atom. The van der Waals surface area contributed by atoms with Crippen LogP contribution >= 0.6 is 11.8 Å². The Labute approximate surface area is 117 Å². The highest BCUT2D eigenvalue weighted by Crippen LogP contribution is 2.35.